The van der Waals surface area contributed by atoms with Gasteiger partial charge in [0.25, 0.3) is 0 Å². The zero-order valence-corrected chi connectivity index (χ0v) is 15.9. The smallest absolute Gasteiger partial charge is 0.148 e. The number of halogens is 1. The van der Waals surface area contributed by atoms with Crippen LogP contribution in [0.4, 0.5) is 0 Å². The van der Waals surface area contributed by atoms with E-state index in [4.69, 9.17) is 12.1 Å². The van der Waals surface area contributed by atoms with Crippen molar-refractivity contribution in [2.24, 2.45) is 23.7 Å². The van der Waals surface area contributed by atoms with E-state index in [0.717, 1.165) is 4.43 Å². The number of allylic oxidation sites excluding steroid dienone is 3. The molecule has 0 aromatic carbocycles. The molecule has 0 aliphatic rings. The van der Waals surface area contributed by atoms with E-state index in [-0.39, 0.29) is 6.10 Å². The molecule has 0 N–H and O–H groups in total. The lowest BCUT2D eigenvalue weighted by molar-refractivity contribution is 0.0776. The molecular weight excluding hydrogens is 365 g/mol. The Balaban J connectivity index is 4.81. The summed E-state index contributed by atoms with van der Waals surface area (Å²) >= 11 is 2.43. The molecule has 0 heterocycles. The van der Waals surface area contributed by atoms with E-state index in [0.29, 0.717) is 23.7 Å². The van der Waals surface area contributed by atoms with Crippen molar-refractivity contribution in [1.29, 1.82) is 0 Å². The van der Waals surface area contributed by atoms with Crippen LogP contribution in [0.2, 0.25) is 0 Å². The maximum Gasteiger partial charge on any atom is 0.148 e. The molecule has 6 unspecified atom stereocenters. The van der Waals surface area contributed by atoms with E-state index in [2.05, 4.69) is 62.9 Å². The van der Waals surface area contributed by atoms with Crippen LogP contribution in [0.1, 0.15) is 27.7 Å². The highest BCUT2D eigenvalue weighted by molar-refractivity contribution is 14.1. The van der Waals surface area contributed by atoms with Crippen LogP contribution in [0.25, 0.3) is 0 Å². The zero-order chi connectivity index (χ0) is 15.0. The van der Waals surface area contributed by atoms with E-state index < -0.39 is 8.03 Å². The van der Waals surface area contributed by atoms with Gasteiger partial charge in [-0.1, -0.05) is 75.1 Å². The Morgan fingerprint density at radius 1 is 1.26 bits per heavy atom. The third-order valence-electron chi connectivity index (χ3n) is 3.82. The molecule has 0 aliphatic carbocycles. The lowest BCUT2D eigenvalue weighted by Crippen LogP contribution is -2.34. The fraction of sp³-hybridized carbons (Fsp3) is 0.733. The van der Waals surface area contributed by atoms with Gasteiger partial charge in [0.1, 0.15) is 7.57 Å². The molecule has 0 aromatic heterocycles. The van der Waals surface area contributed by atoms with Crippen molar-refractivity contribution in [3.63, 3.8) is 0 Å². The Labute approximate surface area is 136 Å². The minimum Gasteiger partial charge on any atom is -0.367 e. The number of hydrogen-bond acceptors (Lipinski definition) is 1. The average molecular weight is 392 g/mol. The van der Waals surface area contributed by atoms with Gasteiger partial charge in [0, 0.05) is 4.43 Å². The average Bonchev–Trinajstić information content (AvgIpc) is 2.39. The number of rotatable bonds is 9. The topological polar surface area (TPSA) is 9.23 Å². The molecule has 0 amide bonds. The first-order valence-corrected chi connectivity index (χ1v) is 10.2. The minimum absolute atomic E-state index is 0.243. The summed E-state index contributed by atoms with van der Waals surface area (Å²) in [5.41, 5.74) is 0. The first-order valence-electron chi connectivity index (χ1n) is 6.85. The van der Waals surface area contributed by atoms with Gasteiger partial charge in [-0.3, -0.25) is 0 Å². The Hall–Kier alpha value is 0.665. The van der Waals surface area contributed by atoms with E-state index >= 15 is 0 Å². The second-order valence-electron chi connectivity index (χ2n) is 5.45. The van der Waals surface area contributed by atoms with Crippen LogP contribution < -0.4 is 0 Å². The molecular formula is C15H27BIOP. The molecule has 108 valence electrons. The van der Waals surface area contributed by atoms with E-state index in [9.17, 15) is 0 Å². The standard InChI is InChI=1S/C15H27BIOP/c1-7-8-9-11(2)13(4)14(5)15(12(3)10-17)18-19(6)16/h7-9,11-15H,1,10H2,2-6H3/b9-8-. The van der Waals surface area contributed by atoms with Crippen LogP contribution in [-0.4, -0.2) is 24.8 Å². The van der Waals surface area contributed by atoms with Crippen molar-refractivity contribution in [2.45, 2.75) is 33.8 Å². The molecule has 0 spiro atoms. The summed E-state index contributed by atoms with van der Waals surface area (Å²) in [4.78, 5) is 0. The number of alkyl halides is 1. The molecule has 0 fully saturated rings. The fourth-order valence-corrected chi connectivity index (χ4v) is 3.49. The van der Waals surface area contributed by atoms with E-state index in [1.54, 1.807) is 0 Å². The van der Waals surface area contributed by atoms with Crippen molar-refractivity contribution in [2.75, 3.05) is 11.1 Å². The van der Waals surface area contributed by atoms with Gasteiger partial charge in [-0.05, 0) is 38.4 Å². The molecule has 1 nitrogen and oxygen atoms in total. The zero-order valence-electron chi connectivity index (χ0n) is 12.8. The van der Waals surface area contributed by atoms with Gasteiger partial charge in [0.15, 0.2) is 0 Å². The third-order valence-corrected chi connectivity index (χ3v) is 5.79. The Bertz CT molecular complexity index is 283. The van der Waals surface area contributed by atoms with Gasteiger partial charge in [0.2, 0.25) is 0 Å². The maximum atomic E-state index is 6.03. The predicted molar refractivity (Wildman–Crippen MR) is 98.4 cm³/mol. The van der Waals surface area contributed by atoms with Crippen molar-refractivity contribution in [3.8, 4) is 0 Å². The Kier molecular flexibility index (Phi) is 10.8. The summed E-state index contributed by atoms with van der Waals surface area (Å²) in [6.45, 7) is 14.8. The first-order chi connectivity index (χ1) is 8.84. The largest absolute Gasteiger partial charge is 0.367 e. The lowest BCUT2D eigenvalue weighted by Gasteiger charge is -2.36. The van der Waals surface area contributed by atoms with Crippen LogP contribution in [0.5, 0.6) is 0 Å². The molecule has 0 saturated heterocycles. The molecule has 0 bridgehead atoms. The Morgan fingerprint density at radius 3 is 2.26 bits per heavy atom. The number of hydrogen-bond donors (Lipinski definition) is 0. The van der Waals surface area contributed by atoms with Crippen LogP contribution in [0.15, 0.2) is 24.8 Å². The molecule has 0 rings (SSSR count). The van der Waals surface area contributed by atoms with Gasteiger partial charge in [0.05, 0.1) is 6.10 Å². The van der Waals surface area contributed by atoms with Gasteiger partial charge < -0.3 is 4.52 Å². The predicted octanol–water partition coefficient (Wildman–Crippen LogP) is 5.20. The molecule has 19 heavy (non-hydrogen) atoms. The highest BCUT2D eigenvalue weighted by Crippen LogP contribution is 2.37. The van der Waals surface area contributed by atoms with Gasteiger partial charge in [-0.25, -0.2) is 0 Å². The van der Waals surface area contributed by atoms with Crippen LogP contribution in [0, 0.1) is 23.7 Å². The first kappa shape index (κ1) is 19.7. The van der Waals surface area contributed by atoms with Gasteiger partial charge in [-0.15, -0.1) is 0 Å². The van der Waals surface area contributed by atoms with Crippen molar-refractivity contribution >= 4 is 38.2 Å². The molecule has 2 radical (unpaired) electrons. The normalized spacial score (nSPS) is 21.6. The molecule has 6 atom stereocenters. The fourth-order valence-electron chi connectivity index (χ4n) is 2.20. The second-order valence-corrected chi connectivity index (χ2v) is 7.63. The highest BCUT2D eigenvalue weighted by atomic mass is 127. The summed E-state index contributed by atoms with van der Waals surface area (Å²) in [6, 6.07) is 0. The lowest BCUT2D eigenvalue weighted by atomic mass is 9.79. The Morgan fingerprint density at radius 2 is 1.84 bits per heavy atom. The quantitative estimate of drug-likeness (QED) is 0.172. The van der Waals surface area contributed by atoms with Crippen molar-refractivity contribution in [1.82, 2.24) is 0 Å². The summed E-state index contributed by atoms with van der Waals surface area (Å²) in [5.74, 6) is 2.09. The minimum atomic E-state index is -0.803. The summed E-state index contributed by atoms with van der Waals surface area (Å²) < 4.78 is 7.13. The van der Waals surface area contributed by atoms with E-state index in [1.165, 1.54) is 0 Å². The summed E-state index contributed by atoms with van der Waals surface area (Å²) in [7, 11) is 5.09. The van der Waals surface area contributed by atoms with Crippen molar-refractivity contribution in [3.05, 3.63) is 24.8 Å². The molecule has 0 saturated carbocycles. The summed E-state index contributed by atoms with van der Waals surface area (Å²) in [6.07, 6.45) is 6.33. The van der Waals surface area contributed by atoms with Gasteiger partial charge in [-0.2, -0.15) is 0 Å². The van der Waals surface area contributed by atoms with Gasteiger partial charge >= 0.3 is 0 Å². The van der Waals surface area contributed by atoms with Crippen molar-refractivity contribution < 1.29 is 4.52 Å². The SMILES string of the molecule is [B]P(C)OC(C(C)CI)C(C)C(C)C(C)/C=C\C=C. The van der Waals surface area contributed by atoms with Crippen LogP contribution in [0.3, 0.4) is 0 Å². The maximum absolute atomic E-state index is 6.03. The third kappa shape index (κ3) is 7.29. The van der Waals surface area contributed by atoms with Crippen LogP contribution in [-0.2, 0) is 4.52 Å². The molecule has 4 heteroatoms. The van der Waals surface area contributed by atoms with Crippen LogP contribution >= 0.6 is 30.6 Å². The molecule has 0 aliphatic heterocycles. The second kappa shape index (κ2) is 10.4. The monoisotopic (exact) mass is 392 g/mol. The van der Waals surface area contributed by atoms with E-state index in [1.807, 2.05) is 18.8 Å². The summed E-state index contributed by atoms with van der Waals surface area (Å²) in [5, 5.41) is 0. The highest BCUT2D eigenvalue weighted by Gasteiger charge is 2.30. The molecule has 0 aromatic rings.